The molecule has 0 saturated carbocycles. The molecule has 0 unspecified atom stereocenters. The van der Waals surface area contributed by atoms with Crippen molar-refractivity contribution in [1.29, 1.82) is 0 Å². The Labute approximate surface area is 137 Å². The average molecular weight is 304 g/mol. The first-order chi connectivity index (χ1) is 11.1. The van der Waals surface area contributed by atoms with Crippen molar-refractivity contribution in [2.75, 3.05) is 5.32 Å². The molecule has 0 aliphatic carbocycles. The van der Waals surface area contributed by atoms with Gasteiger partial charge in [0, 0.05) is 24.3 Å². The summed E-state index contributed by atoms with van der Waals surface area (Å²) in [4.78, 5) is 8.54. The molecule has 0 radical (unpaired) electrons. The maximum Gasteiger partial charge on any atom is 0.235 e. The Balaban J connectivity index is 0.000000595. The van der Waals surface area contributed by atoms with Crippen molar-refractivity contribution in [2.24, 2.45) is 0 Å². The van der Waals surface area contributed by atoms with Crippen LogP contribution in [0.4, 0.5) is 11.5 Å². The van der Waals surface area contributed by atoms with Gasteiger partial charge in [0.15, 0.2) is 0 Å². The second kappa shape index (κ2) is 7.81. The van der Waals surface area contributed by atoms with E-state index in [4.69, 9.17) is 0 Å². The standard InChI is InChI=1S/C16H16N4.C3H4/c1-12-9-13(2)11-14(10-12)19-15-5-3-8-20(15)16-17-6-4-7-18-16;1-3-2/h3-11,19H,1-2H3;1H,2H3. The van der Waals surface area contributed by atoms with Crippen LogP contribution in [-0.2, 0) is 0 Å². The predicted octanol–water partition coefficient (Wildman–Crippen LogP) is 4.27. The largest absolute Gasteiger partial charge is 0.341 e. The van der Waals surface area contributed by atoms with Gasteiger partial charge in [0.1, 0.15) is 5.82 Å². The lowest BCUT2D eigenvalue weighted by atomic mass is 10.1. The highest BCUT2D eigenvalue weighted by Crippen LogP contribution is 2.21. The van der Waals surface area contributed by atoms with Gasteiger partial charge in [-0.1, -0.05) is 6.07 Å². The molecule has 4 nitrogen and oxygen atoms in total. The van der Waals surface area contributed by atoms with E-state index in [1.165, 1.54) is 11.1 Å². The fraction of sp³-hybridized carbons (Fsp3) is 0.158. The van der Waals surface area contributed by atoms with E-state index in [0.717, 1.165) is 11.5 Å². The van der Waals surface area contributed by atoms with Crippen molar-refractivity contribution >= 4 is 11.5 Å². The Hall–Kier alpha value is -3.06. The van der Waals surface area contributed by atoms with E-state index < -0.39 is 0 Å². The third-order valence-electron chi connectivity index (χ3n) is 3.01. The summed E-state index contributed by atoms with van der Waals surface area (Å²) in [5.41, 5.74) is 3.54. The van der Waals surface area contributed by atoms with Gasteiger partial charge in [-0.3, -0.25) is 4.57 Å². The summed E-state index contributed by atoms with van der Waals surface area (Å²) in [6.45, 7) is 5.84. The molecule has 0 spiro atoms. The summed E-state index contributed by atoms with van der Waals surface area (Å²) in [6.07, 6.45) is 10.0. The first kappa shape index (κ1) is 16.3. The quantitative estimate of drug-likeness (QED) is 0.735. The number of nitrogens with one attached hydrogen (secondary N) is 1. The summed E-state index contributed by atoms with van der Waals surface area (Å²) >= 11 is 0. The van der Waals surface area contributed by atoms with Gasteiger partial charge in [0.05, 0.1) is 0 Å². The minimum absolute atomic E-state index is 0.657. The Kier molecular flexibility index (Phi) is 5.54. The highest BCUT2D eigenvalue weighted by atomic mass is 15.2. The third-order valence-corrected chi connectivity index (χ3v) is 3.01. The van der Waals surface area contributed by atoms with Gasteiger partial charge in [0.25, 0.3) is 0 Å². The number of aromatic nitrogens is 3. The van der Waals surface area contributed by atoms with Gasteiger partial charge in [-0.2, -0.15) is 0 Å². The van der Waals surface area contributed by atoms with E-state index in [0.29, 0.717) is 5.95 Å². The van der Waals surface area contributed by atoms with Crippen LogP contribution in [0.25, 0.3) is 5.95 Å². The Morgan fingerprint density at radius 1 is 1.04 bits per heavy atom. The molecule has 0 amide bonds. The minimum atomic E-state index is 0.657. The van der Waals surface area contributed by atoms with Gasteiger partial charge in [0.2, 0.25) is 5.95 Å². The smallest absolute Gasteiger partial charge is 0.235 e. The highest BCUT2D eigenvalue weighted by molar-refractivity contribution is 5.60. The van der Waals surface area contributed by atoms with Crippen LogP contribution in [-0.4, -0.2) is 14.5 Å². The molecule has 0 atom stereocenters. The lowest BCUT2D eigenvalue weighted by molar-refractivity contribution is 0.941. The maximum atomic E-state index is 4.60. The number of nitrogens with zero attached hydrogens (tertiary/aromatic N) is 3. The zero-order valence-electron chi connectivity index (χ0n) is 13.6. The molecule has 1 aromatic carbocycles. The van der Waals surface area contributed by atoms with Gasteiger partial charge in [-0.15, -0.1) is 12.3 Å². The first-order valence-electron chi connectivity index (χ1n) is 7.31. The number of terminal acetylenes is 1. The molecule has 4 heteroatoms. The summed E-state index contributed by atoms with van der Waals surface area (Å²) in [5, 5.41) is 3.42. The zero-order chi connectivity index (χ0) is 16.7. The van der Waals surface area contributed by atoms with Crippen LogP contribution in [0.2, 0.25) is 0 Å². The Morgan fingerprint density at radius 2 is 1.65 bits per heavy atom. The molecule has 2 aromatic heterocycles. The maximum absolute atomic E-state index is 4.60. The van der Waals surface area contributed by atoms with E-state index in [9.17, 15) is 0 Å². The summed E-state index contributed by atoms with van der Waals surface area (Å²) in [7, 11) is 0. The van der Waals surface area contributed by atoms with Crippen LogP contribution in [0.3, 0.4) is 0 Å². The number of anilines is 2. The monoisotopic (exact) mass is 304 g/mol. The first-order valence-corrected chi connectivity index (χ1v) is 7.31. The van der Waals surface area contributed by atoms with Gasteiger partial charge in [-0.05, 0) is 62.2 Å². The topological polar surface area (TPSA) is 42.7 Å². The van der Waals surface area contributed by atoms with Crippen LogP contribution in [0.1, 0.15) is 18.1 Å². The molecule has 3 rings (SSSR count). The second-order valence-electron chi connectivity index (χ2n) is 5.10. The Morgan fingerprint density at radius 3 is 2.26 bits per heavy atom. The van der Waals surface area contributed by atoms with E-state index in [2.05, 4.69) is 59.7 Å². The normalized spacial score (nSPS) is 9.48. The SMILES string of the molecule is C#CC.Cc1cc(C)cc(Nc2cccn2-c2ncccn2)c1. The summed E-state index contributed by atoms with van der Waals surface area (Å²) < 4.78 is 1.93. The fourth-order valence-corrected chi connectivity index (χ4v) is 2.27. The van der Waals surface area contributed by atoms with Crippen LogP contribution in [0, 0.1) is 26.2 Å². The van der Waals surface area contributed by atoms with Crippen molar-refractivity contribution in [2.45, 2.75) is 20.8 Å². The molecular formula is C19H20N4. The van der Waals surface area contributed by atoms with Crippen LogP contribution >= 0.6 is 0 Å². The van der Waals surface area contributed by atoms with E-state index in [-0.39, 0.29) is 0 Å². The molecule has 116 valence electrons. The average Bonchev–Trinajstić information content (AvgIpc) is 2.96. The van der Waals surface area contributed by atoms with Crippen LogP contribution in [0.15, 0.2) is 55.0 Å². The molecular weight excluding hydrogens is 284 g/mol. The van der Waals surface area contributed by atoms with Gasteiger partial charge in [-0.25, -0.2) is 9.97 Å². The van der Waals surface area contributed by atoms with E-state index in [1.54, 1.807) is 19.3 Å². The van der Waals surface area contributed by atoms with Crippen molar-refractivity contribution in [3.05, 3.63) is 66.1 Å². The van der Waals surface area contributed by atoms with Gasteiger partial charge < -0.3 is 5.32 Å². The second-order valence-corrected chi connectivity index (χ2v) is 5.10. The summed E-state index contributed by atoms with van der Waals surface area (Å²) in [5.74, 6) is 3.85. The molecule has 3 aromatic rings. The number of hydrogen-bond donors (Lipinski definition) is 1. The molecule has 0 bridgehead atoms. The number of aryl methyl sites for hydroxylation is 2. The number of hydrogen-bond acceptors (Lipinski definition) is 3. The highest BCUT2D eigenvalue weighted by Gasteiger charge is 2.05. The van der Waals surface area contributed by atoms with Crippen molar-refractivity contribution < 1.29 is 0 Å². The van der Waals surface area contributed by atoms with E-state index in [1.807, 2.05) is 29.0 Å². The lowest BCUT2D eigenvalue weighted by Gasteiger charge is -2.11. The number of benzene rings is 1. The van der Waals surface area contributed by atoms with Crippen LogP contribution < -0.4 is 5.32 Å². The summed E-state index contributed by atoms with van der Waals surface area (Å²) in [6, 6.07) is 12.2. The Bertz CT molecular complexity index is 777. The molecule has 0 aliphatic heterocycles. The minimum Gasteiger partial charge on any atom is -0.341 e. The third kappa shape index (κ3) is 4.45. The van der Waals surface area contributed by atoms with E-state index >= 15 is 0 Å². The molecule has 0 fully saturated rings. The number of rotatable bonds is 3. The van der Waals surface area contributed by atoms with Crippen LogP contribution in [0.5, 0.6) is 0 Å². The van der Waals surface area contributed by atoms with Crippen molar-refractivity contribution in [3.8, 4) is 18.3 Å². The fourth-order valence-electron chi connectivity index (χ4n) is 2.27. The molecule has 0 saturated heterocycles. The molecule has 1 N–H and O–H groups in total. The molecule has 0 aliphatic rings. The van der Waals surface area contributed by atoms with Gasteiger partial charge >= 0.3 is 0 Å². The zero-order valence-corrected chi connectivity index (χ0v) is 13.6. The van der Waals surface area contributed by atoms with Crippen molar-refractivity contribution in [1.82, 2.24) is 14.5 Å². The molecule has 2 heterocycles. The lowest BCUT2D eigenvalue weighted by Crippen LogP contribution is -2.03. The van der Waals surface area contributed by atoms with Crippen molar-refractivity contribution in [3.63, 3.8) is 0 Å². The molecule has 23 heavy (non-hydrogen) atoms. The predicted molar refractivity (Wildman–Crippen MR) is 95.1 cm³/mol.